The number of halogens is 3. The molecule has 1 aliphatic heterocycles. The molecule has 5 heterocycles. The summed E-state index contributed by atoms with van der Waals surface area (Å²) >= 11 is 2.69. The highest BCUT2D eigenvalue weighted by Crippen LogP contribution is 2.48. The van der Waals surface area contributed by atoms with E-state index in [2.05, 4.69) is 11.7 Å². The van der Waals surface area contributed by atoms with Crippen molar-refractivity contribution in [3.8, 4) is 38.8 Å². The van der Waals surface area contributed by atoms with Crippen molar-refractivity contribution in [1.82, 2.24) is 24.6 Å². The van der Waals surface area contributed by atoms with Crippen molar-refractivity contribution in [2.45, 2.75) is 19.0 Å². The van der Waals surface area contributed by atoms with E-state index in [4.69, 9.17) is 19.4 Å². The van der Waals surface area contributed by atoms with E-state index in [1.54, 1.807) is 11.1 Å². The van der Waals surface area contributed by atoms with Crippen LogP contribution in [0.5, 0.6) is 5.75 Å². The molecule has 1 N–H and O–H groups in total. The molecule has 0 unspecified atom stereocenters. The van der Waals surface area contributed by atoms with Crippen LogP contribution in [0.1, 0.15) is 16.6 Å². The molecule has 234 valence electrons. The Morgan fingerprint density at radius 3 is 2.82 bits per heavy atom. The molecule has 45 heavy (non-hydrogen) atoms. The van der Waals surface area contributed by atoms with Crippen LogP contribution in [0.25, 0.3) is 43.2 Å². The molecule has 14 heteroatoms. The highest BCUT2D eigenvalue weighted by atomic mass is 32.1. The number of benzene rings is 1. The van der Waals surface area contributed by atoms with Crippen LogP contribution in [0.4, 0.5) is 13.2 Å². The highest BCUT2D eigenvalue weighted by molar-refractivity contribution is 7.18. The second kappa shape index (κ2) is 13.1. The molecule has 1 atom stereocenters. The lowest BCUT2D eigenvalue weighted by Crippen LogP contribution is -2.34. The van der Waals surface area contributed by atoms with Crippen molar-refractivity contribution in [3.05, 3.63) is 70.8 Å². The van der Waals surface area contributed by atoms with E-state index in [1.165, 1.54) is 46.7 Å². The van der Waals surface area contributed by atoms with E-state index in [9.17, 15) is 18.7 Å². The fourth-order valence-corrected chi connectivity index (χ4v) is 7.32. The van der Waals surface area contributed by atoms with Gasteiger partial charge in [0.25, 0.3) is 0 Å². The summed E-state index contributed by atoms with van der Waals surface area (Å²) in [5, 5.41) is 16.9. The number of aliphatic hydroxyl groups excluding tert-OH is 1. The van der Waals surface area contributed by atoms with Crippen LogP contribution in [0.15, 0.2) is 48.6 Å². The number of nitrogens with zero attached hydrogens (tertiary/aromatic N) is 5. The number of alkyl halides is 1. The number of amides is 1. The molecule has 6 rings (SSSR count). The normalized spacial score (nSPS) is 13.7. The van der Waals surface area contributed by atoms with Gasteiger partial charge in [0.05, 0.1) is 42.9 Å². The molecule has 5 aromatic rings. The lowest BCUT2D eigenvalue weighted by Gasteiger charge is -2.24. The summed E-state index contributed by atoms with van der Waals surface area (Å²) in [7, 11) is 1.50. The van der Waals surface area contributed by atoms with Crippen molar-refractivity contribution in [3.63, 3.8) is 0 Å². The Morgan fingerprint density at radius 2 is 2.07 bits per heavy atom. The van der Waals surface area contributed by atoms with Gasteiger partial charge in [-0.05, 0) is 17.5 Å². The molecule has 0 radical (unpaired) electrons. The van der Waals surface area contributed by atoms with Gasteiger partial charge in [-0.2, -0.15) is 5.10 Å². The van der Waals surface area contributed by atoms with Gasteiger partial charge in [0, 0.05) is 64.5 Å². The van der Waals surface area contributed by atoms with E-state index in [1.807, 2.05) is 11.4 Å². The molecule has 1 aromatic carbocycles. The number of thiazole rings is 1. The van der Waals surface area contributed by atoms with Crippen LogP contribution < -0.4 is 4.74 Å². The lowest BCUT2D eigenvalue weighted by atomic mass is 9.98. The van der Waals surface area contributed by atoms with Gasteiger partial charge < -0.3 is 19.5 Å². The molecule has 0 saturated carbocycles. The largest absolute Gasteiger partial charge is 0.490 e. The van der Waals surface area contributed by atoms with Crippen molar-refractivity contribution < 1.29 is 32.5 Å². The van der Waals surface area contributed by atoms with Crippen molar-refractivity contribution in [1.29, 1.82) is 0 Å². The molecule has 9 nitrogen and oxygen atoms in total. The Kier molecular flexibility index (Phi) is 8.99. The second-order valence-corrected chi connectivity index (χ2v) is 12.3. The summed E-state index contributed by atoms with van der Waals surface area (Å²) in [6, 6.07) is 2.91. The number of aromatic nitrogens is 4. The number of carbonyl (C=O) groups excluding carboxylic acids is 1. The van der Waals surface area contributed by atoms with Gasteiger partial charge in [-0.15, -0.1) is 22.7 Å². The number of aliphatic hydroxyl groups is 1. The zero-order valence-corrected chi connectivity index (χ0v) is 25.8. The minimum atomic E-state index is -0.859. The molecule has 1 amide bonds. The molecule has 0 aliphatic carbocycles. The molecule has 4 aromatic heterocycles. The fourth-order valence-electron chi connectivity index (χ4n) is 5.25. The topological polar surface area (TPSA) is 103 Å². The first-order valence-corrected chi connectivity index (χ1v) is 15.7. The quantitative estimate of drug-likeness (QED) is 0.141. The Bertz CT molecular complexity index is 1880. The van der Waals surface area contributed by atoms with Gasteiger partial charge >= 0.3 is 0 Å². The molecular weight excluding hydrogens is 628 g/mol. The van der Waals surface area contributed by atoms with Gasteiger partial charge in [0.1, 0.15) is 47.4 Å². The van der Waals surface area contributed by atoms with Crippen LogP contribution >= 0.6 is 22.7 Å². The zero-order valence-electron chi connectivity index (χ0n) is 24.1. The average Bonchev–Trinajstić information content (AvgIpc) is 3.81. The highest BCUT2D eigenvalue weighted by Gasteiger charge is 2.29. The van der Waals surface area contributed by atoms with E-state index in [-0.39, 0.29) is 30.4 Å². The number of ether oxygens (including phenoxy) is 2. The Hall–Kier alpha value is -4.11. The number of thiophene rings is 1. The number of hydrogen-bond acceptors (Lipinski definition) is 9. The molecule has 0 fully saturated rings. The average molecular weight is 656 g/mol. The third-order valence-electron chi connectivity index (χ3n) is 7.48. The van der Waals surface area contributed by atoms with E-state index in [0.717, 1.165) is 22.7 Å². The van der Waals surface area contributed by atoms with Crippen LogP contribution in [-0.2, 0) is 22.5 Å². The zero-order chi connectivity index (χ0) is 31.7. The maximum Gasteiger partial charge on any atom is 0.246 e. The van der Waals surface area contributed by atoms with Crippen molar-refractivity contribution in [2.75, 3.05) is 40.1 Å². The summed E-state index contributed by atoms with van der Waals surface area (Å²) in [6.07, 6.45) is 4.93. The van der Waals surface area contributed by atoms with Crippen LogP contribution in [-0.4, -0.2) is 75.8 Å². The van der Waals surface area contributed by atoms with Crippen LogP contribution in [0.3, 0.4) is 0 Å². The first-order valence-electron chi connectivity index (χ1n) is 14.0. The summed E-state index contributed by atoms with van der Waals surface area (Å²) in [5.74, 6) is -1.83. The second-order valence-electron chi connectivity index (χ2n) is 10.3. The monoisotopic (exact) mass is 655 g/mol. The maximum absolute atomic E-state index is 15.9. The van der Waals surface area contributed by atoms with Crippen molar-refractivity contribution >= 4 is 38.7 Å². The maximum atomic E-state index is 15.9. The fraction of sp³-hybridized carbons (Fsp3) is 0.290. The number of fused-ring (bicyclic) bond motifs is 2. The minimum absolute atomic E-state index is 0.0133. The molecule has 0 spiro atoms. The third-order valence-corrected chi connectivity index (χ3v) is 9.50. The van der Waals surface area contributed by atoms with Crippen LogP contribution in [0, 0.1) is 11.6 Å². The SMILES string of the molecule is C=CC(=O)N1CCc2nc(-c3nc(-c4cnn([C@@H](CO)CF)c4)c4ccsc4c3-c3c(F)cc(F)cc3OCCOC)sc2C1. The van der Waals surface area contributed by atoms with Crippen molar-refractivity contribution in [2.24, 2.45) is 0 Å². The van der Waals surface area contributed by atoms with E-state index in [0.29, 0.717) is 57.1 Å². The Balaban J connectivity index is 1.60. The Labute approximate surface area is 264 Å². The van der Waals surface area contributed by atoms with Gasteiger partial charge in [-0.3, -0.25) is 9.48 Å². The predicted molar refractivity (Wildman–Crippen MR) is 166 cm³/mol. The molecule has 1 aliphatic rings. The standard InChI is InChI=1S/C31H28F3N5O4S2/c1-3-25(41)38-6-4-22-24(15-38)45-31(36-22)29-27(26-21(34)10-18(33)11-23(26)43-8-7-42-2)30-20(5-9-44-30)28(37-29)17-13-35-39(14-17)19(12-32)16-40/h3,5,9-11,13-14,19,40H,1,4,6-8,12,15-16H2,2H3/t19-/m1/s1. The smallest absolute Gasteiger partial charge is 0.246 e. The summed E-state index contributed by atoms with van der Waals surface area (Å²) in [6.45, 7) is 3.41. The van der Waals surface area contributed by atoms with E-state index >= 15 is 4.39 Å². The first-order chi connectivity index (χ1) is 21.9. The number of rotatable bonds is 11. The van der Waals surface area contributed by atoms with Gasteiger partial charge in [0.2, 0.25) is 5.91 Å². The molecular formula is C31H28F3N5O4S2. The number of pyridine rings is 1. The predicted octanol–water partition coefficient (Wildman–Crippen LogP) is 5.83. The third kappa shape index (κ3) is 5.86. The van der Waals surface area contributed by atoms with Crippen LogP contribution in [0.2, 0.25) is 0 Å². The van der Waals surface area contributed by atoms with E-state index < -0.39 is 31.0 Å². The number of carbonyl (C=O) groups is 1. The summed E-state index contributed by atoms with van der Waals surface area (Å²) in [4.78, 5) is 24.8. The number of hydrogen-bond donors (Lipinski definition) is 1. The summed E-state index contributed by atoms with van der Waals surface area (Å²) < 4.78 is 56.9. The summed E-state index contributed by atoms with van der Waals surface area (Å²) in [5.41, 5.74) is 2.59. The lowest BCUT2D eigenvalue weighted by molar-refractivity contribution is -0.126. The Morgan fingerprint density at radius 1 is 1.22 bits per heavy atom. The minimum Gasteiger partial charge on any atom is -0.490 e. The molecule has 0 saturated heterocycles. The number of methoxy groups -OCH3 is 1. The van der Waals surface area contributed by atoms with Gasteiger partial charge in [0.15, 0.2) is 0 Å². The first kappa shape index (κ1) is 30.9. The van der Waals surface area contributed by atoms with Gasteiger partial charge in [-0.1, -0.05) is 6.58 Å². The molecule has 0 bridgehead atoms. The van der Waals surface area contributed by atoms with Gasteiger partial charge in [-0.25, -0.2) is 23.1 Å².